The number of nitrogens with zero attached hydrogens (tertiary/aromatic N) is 1. The van der Waals surface area contributed by atoms with Gasteiger partial charge < -0.3 is 23.8 Å². The van der Waals surface area contributed by atoms with Crippen LogP contribution in [0.5, 0.6) is 11.5 Å². The van der Waals surface area contributed by atoms with E-state index in [1.54, 1.807) is 24.3 Å². The third-order valence-electron chi connectivity index (χ3n) is 3.56. The van der Waals surface area contributed by atoms with Gasteiger partial charge in [0.15, 0.2) is 0 Å². The summed E-state index contributed by atoms with van der Waals surface area (Å²) in [5.41, 5.74) is 0.153. The lowest BCUT2D eigenvalue weighted by Crippen LogP contribution is -2.15. The van der Waals surface area contributed by atoms with Crippen molar-refractivity contribution in [1.29, 1.82) is 0 Å². The third kappa shape index (κ3) is 8.01. The van der Waals surface area contributed by atoms with Crippen LogP contribution in [-0.4, -0.2) is 43.0 Å². The average molecular weight is 433 g/mol. The zero-order valence-corrected chi connectivity index (χ0v) is 16.5. The van der Waals surface area contributed by atoms with E-state index >= 15 is 0 Å². The molecule has 11 heteroatoms. The topological polar surface area (TPSA) is 141 Å². The van der Waals surface area contributed by atoms with Crippen LogP contribution in [0.3, 0.4) is 0 Å². The first-order chi connectivity index (χ1) is 14.9. The molecule has 2 aromatic rings. The van der Waals surface area contributed by atoms with Crippen LogP contribution in [0.1, 0.15) is 34.1 Å². The molecule has 0 fully saturated rings. The SMILES string of the molecule is CC(=O)Oc1ccccc1C(=O)OCOC(=O)c1cccc(OCCCO[N+](=O)[O-])c1. The maximum absolute atomic E-state index is 12.2. The molecule has 0 aliphatic rings. The van der Waals surface area contributed by atoms with Gasteiger partial charge in [-0.15, -0.1) is 10.1 Å². The Morgan fingerprint density at radius 2 is 1.71 bits per heavy atom. The molecule has 0 aliphatic carbocycles. The molecule has 0 spiro atoms. The minimum atomic E-state index is -0.890. The van der Waals surface area contributed by atoms with Crippen LogP contribution in [0.4, 0.5) is 0 Å². The molecule has 2 aromatic carbocycles. The maximum Gasteiger partial charge on any atom is 0.344 e. The number of ether oxygens (including phenoxy) is 4. The van der Waals surface area contributed by atoms with Crippen molar-refractivity contribution in [2.75, 3.05) is 20.0 Å². The van der Waals surface area contributed by atoms with Gasteiger partial charge >= 0.3 is 17.9 Å². The van der Waals surface area contributed by atoms with Crippen molar-refractivity contribution in [2.24, 2.45) is 0 Å². The summed E-state index contributed by atoms with van der Waals surface area (Å²) in [5, 5.41) is 9.17. The summed E-state index contributed by atoms with van der Waals surface area (Å²) in [5.74, 6) is -1.82. The fraction of sp³-hybridized carbons (Fsp3) is 0.250. The first-order valence-corrected chi connectivity index (χ1v) is 8.98. The summed E-state index contributed by atoms with van der Waals surface area (Å²) < 4.78 is 20.2. The number of hydrogen-bond acceptors (Lipinski definition) is 10. The number of benzene rings is 2. The molecule has 0 atom stereocenters. The van der Waals surface area contributed by atoms with Gasteiger partial charge in [-0.2, -0.15) is 0 Å². The van der Waals surface area contributed by atoms with E-state index in [-0.39, 0.29) is 36.5 Å². The van der Waals surface area contributed by atoms with Crippen molar-refractivity contribution in [3.8, 4) is 11.5 Å². The van der Waals surface area contributed by atoms with Gasteiger partial charge in [-0.1, -0.05) is 18.2 Å². The highest BCUT2D eigenvalue weighted by Gasteiger charge is 2.16. The fourth-order valence-corrected chi connectivity index (χ4v) is 2.28. The number of carbonyl (C=O) groups is 3. The van der Waals surface area contributed by atoms with Gasteiger partial charge in [-0.3, -0.25) is 4.79 Å². The smallest absolute Gasteiger partial charge is 0.344 e. The molecule has 0 N–H and O–H groups in total. The summed E-state index contributed by atoms with van der Waals surface area (Å²) in [6, 6.07) is 12.0. The number of rotatable bonds is 11. The van der Waals surface area contributed by atoms with E-state index in [4.69, 9.17) is 18.9 Å². The zero-order chi connectivity index (χ0) is 22.6. The Hall–Kier alpha value is -4.15. The van der Waals surface area contributed by atoms with Gasteiger partial charge in [0.05, 0.1) is 18.8 Å². The molecule has 0 amide bonds. The van der Waals surface area contributed by atoms with Crippen LogP contribution in [0.15, 0.2) is 48.5 Å². The summed E-state index contributed by atoms with van der Waals surface area (Å²) in [6.45, 7) is 0.573. The Labute approximate surface area is 176 Å². The standard InChI is InChI=1S/C20H19NO10/c1-14(22)31-18-9-3-2-8-17(18)20(24)29-13-28-19(23)15-6-4-7-16(12-15)27-10-5-11-30-21(25)26/h2-4,6-9,12H,5,10-11,13H2,1H3. The molecule has 11 nitrogen and oxygen atoms in total. The Bertz CT molecular complexity index is 943. The molecule has 0 aromatic heterocycles. The minimum Gasteiger partial charge on any atom is -0.494 e. The number of hydrogen-bond donors (Lipinski definition) is 0. The van der Waals surface area contributed by atoms with E-state index < -0.39 is 29.8 Å². The molecule has 0 unspecified atom stereocenters. The average Bonchev–Trinajstić information content (AvgIpc) is 2.73. The quantitative estimate of drug-likeness (QED) is 0.130. The first-order valence-electron chi connectivity index (χ1n) is 8.98. The van der Waals surface area contributed by atoms with Crippen molar-refractivity contribution < 1.29 is 43.3 Å². The predicted molar refractivity (Wildman–Crippen MR) is 103 cm³/mol. The minimum absolute atomic E-state index is 0.00482. The van der Waals surface area contributed by atoms with Crippen LogP contribution in [0.2, 0.25) is 0 Å². The van der Waals surface area contributed by atoms with E-state index in [0.29, 0.717) is 5.75 Å². The maximum atomic E-state index is 12.2. The Morgan fingerprint density at radius 3 is 2.45 bits per heavy atom. The van der Waals surface area contributed by atoms with Gasteiger partial charge in [0.25, 0.3) is 5.09 Å². The lowest BCUT2D eigenvalue weighted by molar-refractivity contribution is -0.757. The Balaban J connectivity index is 1.83. The number of carbonyl (C=O) groups excluding carboxylic acids is 3. The van der Waals surface area contributed by atoms with Gasteiger partial charge in [0.1, 0.15) is 17.1 Å². The molecular weight excluding hydrogens is 414 g/mol. The highest BCUT2D eigenvalue weighted by molar-refractivity contribution is 5.93. The second kappa shape index (κ2) is 11.8. The first kappa shape index (κ1) is 23.1. The zero-order valence-electron chi connectivity index (χ0n) is 16.5. The molecule has 0 heterocycles. The molecule has 0 bridgehead atoms. The third-order valence-corrected chi connectivity index (χ3v) is 3.56. The van der Waals surface area contributed by atoms with Crippen molar-refractivity contribution in [2.45, 2.75) is 13.3 Å². The van der Waals surface area contributed by atoms with E-state index in [2.05, 4.69) is 4.84 Å². The van der Waals surface area contributed by atoms with Crippen LogP contribution >= 0.6 is 0 Å². The van der Waals surface area contributed by atoms with Gasteiger partial charge in [-0.25, -0.2) is 9.59 Å². The predicted octanol–water partition coefficient (Wildman–Crippen LogP) is 2.56. The Kier molecular flexibility index (Phi) is 8.77. The molecule has 31 heavy (non-hydrogen) atoms. The normalized spacial score (nSPS) is 9.97. The lowest BCUT2D eigenvalue weighted by Gasteiger charge is -2.10. The van der Waals surface area contributed by atoms with Crippen molar-refractivity contribution in [1.82, 2.24) is 0 Å². The van der Waals surface area contributed by atoms with Crippen molar-refractivity contribution >= 4 is 17.9 Å². The second-order valence-corrected chi connectivity index (χ2v) is 5.86. The second-order valence-electron chi connectivity index (χ2n) is 5.86. The van der Waals surface area contributed by atoms with E-state index in [1.807, 2.05) is 0 Å². The van der Waals surface area contributed by atoms with Crippen LogP contribution in [-0.2, 0) is 19.1 Å². The van der Waals surface area contributed by atoms with Crippen LogP contribution < -0.4 is 9.47 Å². The molecule has 0 saturated heterocycles. The van der Waals surface area contributed by atoms with Crippen LogP contribution in [0.25, 0.3) is 0 Å². The summed E-state index contributed by atoms with van der Waals surface area (Å²) in [4.78, 5) is 49.6. The molecule has 0 aliphatic heterocycles. The molecule has 2 rings (SSSR count). The number of esters is 3. The van der Waals surface area contributed by atoms with E-state index in [9.17, 15) is 24.5 Å². The summed E-state index contributed by atoms with van der Waals surface area (Å²) in [7, 11) is 0. The van der Waals surface area contributed by atoms with Crippen molar-refractivity contribution in [3.05, 3.63) is 69.8 Å². The van der Waals surface area contributed by atoms with Crippen molar-refractivity contribution in [3.63, 3.8) is 0 Å². The van der Waals surface area contributed by atoms with Gasteiger partial charge in [0.2, 0.25) is 6.79 Å². The van der Waals surface area contributed by atoms with Gasteiger partial charge in [0, 0.05) is 13.3 Å². The van der Waals surface area contributed by atoms with E-state index in [1.165, 1.54) is 31.2 Å². The van der Waals surface area contributed by atoms with Gasteiger partial charge in [-0.05, 0) is 30.3 Å². The lowest BCUT2D eigenvalue weighted by atomic mass is 10.2. The van der Waals surface area contributed by atoms with Crippen LogP contribution in [0, 0.1) is 10.1 Å². The molecule has 164 valence electrons. The highest BCUT2D eigenvalue weighted by Crippen LogP contribution is 2.19. The van der Waals surface area contributed by atoms with E-state index in [0.717, 1.165) is 0 Å². The highest BCUT2D eigenvalue weighted by atomic mass is 16.9. The summed E-state index contributed by atoms with van der Waals surface area (Å²) in [6.07, 6.45) is 0.278. The summed E-state index contributed by atoms with van der Waals surface area (Å²) >= 11 is 0. The molecular formula is C20H19NO10. The number of para-hydroxylation sites is 1. The molecule has 0 saturated carbocycles. The fourth-order valence-electron chi connectivity index (χ4n) is 2.28. The largest absolute Gasteiger partial charge is 0.494 e. The Morgan fingerprint density at radius 1 is 0.968 bits per heavy atom. The monoisotopic (exact) mass is 433 g/mol. The molecule has 0 radical (unpaired) electrons.